The maximum absolute atomic E-state index is 13.3. The quantitative estimate of drug-likeness (QED) is 0.795. The van der Waals surface area contributed by atoms with Crippen LogP contribution in [-0.4, -0.2) is 36.5 Å². The molecule has 5 heteroatoms. The van der Waals surface area contributed by atoms with Crippen molar-refractivity contribution in [1.29, 1.82) is 0 Å². The predicted octanol–water partition coefficient (Wildman–Crippen LogP) is 1.39. The summed E-state index contributed by atoms with van der Waals surface area (Å²) in [5.41, 5.74) is 0.352. The number of nitrogens with zero attached hydrogens (tertiary/aromatic N) is 1. The molecule has 0 N–H and O–H groups in total. The number of amides is 1. The molecule has 0 aliphatic carbocycles. The van der Waals surface area contributed by atoms with Crippen LogP contribution < -0.4 is 0 Å². The van der Waals surface area contributed by atoms with E-state index in [1.54, 1.807) is 18.2 Å². The third-order valence-electron chi connectivity index (χ3n) is 2.56. The Labute approximate surface area is 98.0 Å². The zero-order valence-electron chi connectivity index (χ0n) is 9.19. The van der Waals surface area contributed by atoms with Crippen LogP contribution in [-0.2, 0) is 16.0 Å². The Hall–Kier alpha value is -1.91. The molecule has 0 saturated carbocycles. The lowest BCUT2D eigenvalue weighted by molar-refractivity contribution is -0.119. The Morgan fingerprint density at radius 2 is 2.18 bits per heavy atom. The zero-order chi connectivity index (χ0) is 12.3. The molecule has 1 saturated heterocycles. The number of Topliss-reactive ketones (excluding diaryl/α,β-unsaturated/α-hetero) is 1. The SMILES string of the molecule is O=C(Cc1ccccc1F)CN1CCOC1=O. The van der Waals surface area contributed by atoms with Crippen LogP contribution in [0.3, 0.4) is 0 Å². The highest BCUT2D eigenvalue weighted by Crippen LogP contribution is 2.09. The van der Waals surface area contributed by atoms with Gasteiger partial charge in [0.25, 0.3) is 0 Å². The molecule has 2 rings (SSSR count). The predicted molar refractivity (Wildman–Crippen MR) is 58.0 cm³/mol. The highest BCUT2D eigenvalue weighted by Gasteiger charge is 2.24. The summed E-state index contributed by atoms with van der Waals surface area (Å²) >= 11 is 0. The number of carbonyl (C=O) groups is 2. The fourth-order valence-electron chi connectivity index (χ4n) is 1.69. The van der Waals surface area contributed by atoms with Gasteiger partial charge in [-0.25, -0.2) is 9.18 Å². The number of hydrogen-bond donors (Lipinski definition) is 0. The lowest BCUT2D eigenvalue weighted by Crippen LogP contribution is -2.31. The number of cyclic esters (lactones) is 1. The summed E-state index contributed by atoms with van der Waals surface area (Å²) in [6.45, 7) is 0.709. The van der Waals surface area contributed by atoms with Crippen molar-refractivity contribution < 1.29 is 18.7 Å². The van der Waals surface area contributed by atoms with Gasteiger partial charge in [0.05, 0.1) is 13.1 Å². The first-order valence-electron chi connectivity index (χ1n) is 5.33. The lowest BCUT2D eigenvalue weighted by atomic mass is 10.1. The van der Waals surface area contributed by atoms with Crippen molar-refractivity contribution in [3.63, 3.8) is 0 Å². The average molecular weight is 237 g/mol. The Bertz CT molecular complexity index is 447. The van der Waals surface area contributed by atoms with Gasteiger partial charge in [-0.05, 0) is 11.6 Å². The van der Waals surface area contributed by atoms with Gasteiger partial charge in [0.15, 0.2) is 5.78 Å². The number of ether oxygens (including phenoxy) is 1. The molecule has 0 unspecified atom stereocenters. The molecule has 0 aromatic heterocycles. The molecule has 0 spiro atoms. The first-order valence-corrected chi connectivity index (χ1v) is 5.33. The second-order valence-corrected chi connectivity index (χ2v) is 3.84. The van der Waals surface area contributed by atoms with Crippen LogP contribution in [0, 0.1) is 5.82 Å². The topological polar surface area (TPSA) is 46.6 Å². The van der Waals surface area contributed by atoms with Gasteiger partial charge in [-0.1, -0.05) is 18.2 Å². The number of rotatable bonds is 4. The lowest BCUT2D eigenvalue weighted by Gasteiger charge is -2.11. The van der Waals surface area contributed by atoms with Gasteiger partial charge in [-0.3, -0.25) is 9.69 Å². The van der Waals surface area contributed by atoms with Crippen LogP contribution in [0.4, 0.5) is 9.18 Å². The van der Waals surface area contributed by atoms with Crippen molar-refractivity contribution in [2.24, 2.45) is 0 Å². The molecule has 1 aromatic carbocycles. The van der Waals surface area contributed by atoms with Crippen molar-refractivity contribution in [3.8, 4) is 0 Å². The first-order chi connectivity index (χ1) is 8.16. The van der Waals surface area contributed by atoms with Crippen LogP contribution in [0.2, 0.25) is 0 Å². The van der Waals surface area contributed by atoms with Gasteiger partial charge in [0.1, 0.15) is 12.4 Å². The molecule has 0 atom stereocenters. The molecule has 1 fully saturated rings. The standard InChI is InChI=1S/C12H12FNO3/c13-11-4-2-1-3-9(11)7-10(15)8-14-5-6-17-12(14)16/h1-4H,5-8H2. The molecular formula is C12H12FNO3. The number of ketones is 1. The van der Waals surface area contributed by atoms with Gasteiger partial charge in [0, 0.05) is 6.42 Å². The van der Waals surface area contributed by atoms with Crippen LogP contribution in [0.25, 0.3) is 0 Å². The fourth-order valence-corrected chi connectivity index (χ4v) is 1.69. The summed E-state index contributed by atoms with van der Waals surface area (Å²) in [5, 5.41) is 0. The maximum Gasteiger partial charge on any atom is 0.410 e. The summed E-state index contributed by atoms with van der Waals surface area (Å²) < 4.78 is 18.0. The number of carbonyl (C=O) groups excluding carboxylic acids is 2. The Morgan fingerprint density at radius 3 is 2.82 bits per heavy atom. The number of hydrogen-bond acceptors (Lipinski definition) is 3. The van der Waals surface area contributed by atoms with E-state index in [0.717, 1.165) is 0 Å². The largest absolute Gasteiger partial charge is 0.448 e. The van der Waals surface area contributed by atoms with E-state index in [4.69, 9.17) is 4.74 Å². The minimum Gasteiger partial charge on any atom is -0.448 e. The smallest absolute Gasteiger partial charge is 0.410 e. The summed E-state index contributed by atoms with van der Waals surface area (Å²) in [6.07, 6.45) is -0.483. The van der Waals surface area contributed by atoms with Crippen molar-refractivity contribution in [1.82, 2.24) is 4.90 Å². The average Bonchev–Trinajstić information content (AvgIpc) is 2.68. The van der Waals surface area contributed by atoms with E-state index >= 15 is 0 Å². The van der Waals surface area contributed by atoms with E-state index < -0.39 is 11.9 Å². The van der Waals surface area contributed by atoms with Crippen molar-refractivity contribution in [3.05, 3.63) is 35.6 Å². The summed E-state index contributed by atoms with van der Waals surface area (Å²) in [5.74, 6) is -0.598. The van der Waals surface area contributed by atoms with E-state index in [9.17, 15) is 14.0 Å². The summed E-state index contributed by atoms with van der Waals surface area (Å²) in [4.78, 5) is 24.1. The molecule has 0 bridgehead atoms. The monoisotopic (exact) mass is 237 g/mol. The van der Waals surface area contributed by atoms with Crippen LogP contribution in [0.1, 0.15) is 5.56 Å². The molecule has 1 aliphatic rings. The van der Waals surface area contributed by atoms with E-state index in [1.807, 2.05) is 0 Å². The zero-order valence-corrected chi connectivity index (χ0v) is 9.19. The third-order valence-corrected chi connectivity index (χ3v) is 2.56. The van der Waals surface area contributed by atoms with E-state index in [1.165, 1.54) is 11.0 Å². The number of benzene rings is 1. The molecule has 1 aliphatic heterocycles. The fraction of sp³-hybridized carbons (Fsp3) is 0.333. The van der Waals surface area contributed by atoms with Gasteiger partial charge in [0.2, 0.25) is 0 Å². The Balaban J connectivity index is 1.93. The molecule has 1 amide bonds. The van der Waals surface area contributed by atoms with Gasteiger partial charge in [-0.15, -0.1) is 0 Å². The minimum atomic E-state index is -0.480. The third kappa shape index (κ3) is 2.81. The summed E-state index contributed by atoms with van der Waals surface area (Å²) in [7, 11) is 0. The second-order valence-electron chi connectivity index (χ2n) is 3.84. The van der Waals surface area contributed by atoms with Crippen LogP contribution >= 0.6 is 0 Å². The van der Waals surface area contributed by atoms with Crippen molar-refractivity contribution >= 4 is 11.9 Å². The van der Waals surface area contributed by atoms with Gasteiger partial charge in [-0.2, -0.15) is 0 Å². The second kappa shape index (κ2) is 4.95. The van der Waals surface area contributed by atoms with Crippen LogP contribution in [0.5, 0.6) is 0 Å². The normalized spacial score (nSPS) is 14.9. The van der Waals surface area contributed by atoms with Gasteiger partial charge < -0.3 is 4.74 Å². The minimum absolute atomic E-state index is 0.00352. The molecule has 1 heterocycles. The van der Waals surface area contributed by atoms with E-state index in [2.05, 4.69) is 0 Å². The molecule has 1 aromatic rings. The van der Waals surface area contributed by atoms with Crippen LogP contribution in [0.15, 0.2) is 24.3 Å². The van der Waals surface area contributed by atoms with Crippen molar-refractivity contribution in [2.75, 3.05) is 19.7 Å². The summed E-state index contributed by atoms with van der Waals surface area (Å²) in [6, 6.07) is 6.12. The molecule has 4 nitrogen and oxygen atoms in total. The van der Waals surface area contributed by atoms with Crippen molar-refractivity contribution in [2.45, 2.75) is 6.42 Å². The van der Waals surface area contributed by atoms with E-state index in [0.29, 0.717) is 18.7 Å². The van der Waals surface area contributed by atoms with E-state index in [-0.39, 0.29) is 18.7 Å². The van der Waals surface area contributed by atoms with Gasteiger partial charge >= 0.3 is 6.09 Å². The molecular weight excluding hydrogens is 225 g/mol. The molecule has 90 valence electrons. The first kappa shape index (κ1) is 11.6. The highest BCUT2D eigenvalue weighted by molar-refractivity contribution is 5.86. The molecule has 0 radical (unpaired) electrons. The highest BCUT2D eigenvalue weighted by atomic mass is 19.1. The molecule has 17 heavy (non-hydrogen) atoms. The number of halogens is 1. The maximum atomic E-state index is 13.3. The Morgan fingerprint density at radius 1 is 1.41 bits per heavy atom. The Kier molecular flexibility index (Phi) is 3.37.